The second-order valence-electron chi connectivity index (χ2n) is 5.87. The van der Waals surface area contributed by atoms with Gasteiger partial charge in [-0.05, 0) is 17.4 Å². The molecule has 0 amide bonds. The lowest BCUT2D eigenvalue weighted by molar-refractivity contribution is 0.514. The Bertz CT molecular complexity index is 775. The molecular formula is C15H15ClN2O2. The highest BCUT2D eigenvalue weighted by molar-refractivity contribution is 6.32. The predicted octanol–water partition coefficient (Wildman–Crippen LogP) is 2.83. The van der Waals surface area contributed by atoms with Gasteiger partial charge in [0.15, 0.2) is 0 Å². The normalized spacial score (nSPS) is 19.9. The van der Waals surface area contributed by atoms with Crippen molar-refractivity contribution in [3.8, 4) is 11.1 Å². The molecule has 1 N–H and O–H groups in total. The van der Waals surface area contributed by atoms with Gasteiger partial charge in [-0.15, -0.1) is 0 Å². The molecular weight excluding hydrogens is 276 g/mol. The van der Waals surface area contributed by atoms with Crippen LogP contribution in [0.4, 0.5) is 0 Å². The molecule has 0 saturated heterocycles. The zero-order chi connectivity index (χ0) is 14.5. The Morgan fingerprint density at radius 3 is 2.40 bits per heavy atom. The number of benzene rings is 1. The third-order valence-electron chi connectivity index (χ3n) is 3.92. The van der Waals surface area contributed by atoms with Gasteiger partial charge >= 0.3 is 5.69 Å². The van der Waals surface area contributed by atoms with Crippen LogP contribution in [0.3, 0.4) is 0 Å². The Balaban J connectivity index is 2.25. The van der Waals surface area contributed by atoms with Crippen LogP contribution < -0.4 is 11.2 Å². The Hall–Kier alpha value is -1.81. The summed E-state index contributed by atoms with van der Waals surface area (Å²) in [6.07, 6.45) is 0.825. The number of nitrogens with zero attached hydrogens (tertiary/aromatic N) is 1. The number of halogens is 1. The van der Waals surface area contributed by atoms with Crippen molar-refractivity contribution in [1.29, 1.82) is 0 Å². The van der Waals surface area contributed by atoms with Crippen LogP contribution in [0.5, 0.6) is 0 Å². The molecule has 2 aromatic rings. The SMILES string of the molecule is CC1(C)CC1n1c(=O)[nH]c(Cl)c(-c2ccccc2)c1=O. The van der Waals surface area contributed by atoms with Crippen molar-refractivity contribution in [2.24, 2.45) is 5.41 Å². The molecule has 20 heavy (non-hydrogen) atoms. The third kappa shape index (κ3) is 2.00. The average Bonchev–Trinajstić information content (AvgIpc) is 2.98. The smallest absolute Gasteiger partial charge is 0.297 e. The maximum atomic E-state index is 12.6. The molecule has 0 aliphatic heterocycles. The minimum absolute atomic E-state index is 0.0153. The van der Waals surface area contributed by atoms with Crippen LogP contribution in [0.2, 0.25) is 5.15 Å². The first kappa shape index (κ1) is 13.2. The van der Waals surface area contributed by atoms with Gasteiger partial charge in [-0.25, -0.2) is 4.79 Å². The van der Waals surface area contributed by atoms with Gasteiger partial charge in [0.1, 0.15) is 5.15 Å². The van der Waals surface area contributed by atoms with E-state index < -0.39 is 5.69 Å². The van der Waals surface area contributed by atoms with E-state index in [1.807, 2.05) is 44.2 Å². The fraction of sp³-hybridized carbons (Fsp3) is 0.333. The fourth-order valence-corrected chi connectivity index (χ4v) is 2.81. The number of aromatic amines is 1. The molecule has 0 radical (unpaired) electrons. The van der Waals surface area contributed by atoms with E-state index in [0.717, 1.165) is 6.42 Å². The third-order valence-corrected chi connectivity index (χ3v) is 4.21. The second-order valence-corrected chi connectivity index (χ2v) is 6.25. The zero-order valence-electron chi connectivity index (χ0n) is 11.3. The molecule has 3 rings (SSSR count). The van der Waals surface area contributed by atoms with Crippen LogP contribution in [-0.2, 0) is 0 Å². The van der Waals surface area contributed by atoms with Gasteiger partial charge in [0.2, 0.25) is 0 Å². The number of hydrogen-bond donors (Lipinski definition) is 1. The molecule has 4 nitrogen and oxygen atoms in total. The summed E-state index contributed by atoms with van der Waals surface area (Å²) in [5.41, 5.74) is 0.301. The molecule has 5 heteroatoms. The van der Waals surface area contributed by atoms with Crippen LogP contribution in [0.1, 0.15) is 26.3 Å². The van der Waals surface area contributed by atoms with Crippen molar-refractivity contribution in [2.45, 2.75) is 26.3 Å². The Kier molecular flexibility index (Phi) is 2.87. The summed E-state index contributed by atoms with van der Waals surface area (Å²) in [4.78, 5) is 27.3. The molecule has 1 heterocycles. The van der Waals surface area contributed by atoms with Gasteiger partial charge in [-0.3, -0.25) is 14.3 Å². The molecule has 1 aliphatic rings. The number of hydrogen-bond acceptors (Lipinski definition) is 2. The highest BCUT2D eigenvalue weighted by atomic mass is 35.5. The molecule has 0 bridgehead atoms. The van der Waals surface area contributed by atoms with Crippen molar-refractivity contribution >= 4 is 11.6 Å². The second kappa shape index (κ2) is 4.35. The first-order chi connectivity index (χ1) is 9.42. The van der Waals surface area contributed by atoms with E-state index in [9.17, 15) is 9.59 Å². The van der Waals surface area contributed by atoms with E-state index >= 15 is 0 Å². The lowest BCUT2D eigenvalue weighted by Crippen LogP contribution is -2.36. The zero-order valence-corrected chi connectivity index (χ0v) is 12.1. The number of aromatic nitrogens is 2. The first-order valence-electron chi connectivity index (χ1n) is 6.51. The molecule has 1 aromatic carbocycles. The summed E-state index contributed by atoms with van der Waals surface area (Å²) in [5.74, 6) is 0. The van der Waals surface area contributed by atoms with E-state index in [1.165, 1.54) is 4.57 Å². The standard InChI is InChI=1S/C15H15ClN2O2/c1-15(2)8-10(15)18-13(19)11(12(16)17-14(18)20)9-6-4-3-5-7-9/h3-7,10H,8H2,1-2H3,(H,17,20). The Morgan fingerprint density at radius 2 is 1.85 bits per heavy atom. The Labute approximate surface area is 121 Å². The maximum absolute atomic E-state index is 12.6. The molecule has 104 valence electrons. The van der Waals surface area contributed by atoms with Crippen molar-refractivity contribution in [2.75, 3.05) is 0 Å². The van der Waals surface area contributed by atoms with Crippen molar-refractivity contribution < 1.29 is 0 Å². The van der Waals surface area contributed by atoms with Gasteiger partial charge in [-0.2, -0.15) is 0 Å². The van der Waals surface area contributed by atoms with Crippen molar-refractivity contribution in [3.05, 3.63) is 56.3 Å². The van der Waals surface area contributed by atoms with Gasteiger partial charge in [-0.1, -0.05) is 55.8 Å². The molecule has 1 atom stereocenters. The average molecular weight is 291 g/mol. The summed E-state index contributed by atoms with van der Waals surface area (Å²) in [6, 6.07) is 9.10. The summed E-state index contributed by atoms with van der Waals surface area (Å²) in [7, 11) is 0. The minimum atomic E-state index is -0.435. The van der Waals surface area contributed by atoms with E-state index in [2.05, 4.69) is 4.98 Å². The number of rotatable bonds is 2. The molecule has 1 unspecified atom stereocenters. The molecule has 1 aliphatic carbocycles. The van der Waals surface area contributed by atoms with Crippen LogP contribution in [0.25, 0.3) is 11.1 Å². The number of H-pyrrole nitrogens is 1. The fourth-order valence-electron chi connectivity index (χ4n) is 2.54. The van der Waals surface area contributed by atoms with E-state index in [4.69, 9.17) is 11.6 Å². The van der Waals surface area contributed by atoms with Gasteiger partial charge in [0.05, 0.1) is 5.56 Å². The largest absolute Gasteiger partial charge is 0.329 e. The highest BCUT2D eigenvalue weighted by Crippen LogP contribution is 2.54. The topological polar surface area (TPSA) is 54.9 Å². The summed E-state index contributed by atoms with van der Waals surface area (Å²) >= 11 is 6.07. The molecule has 1 saturated carbocycles. The summed E-state index contributed by atoms with van der Waals surface area (Å²) < 4.78 is 1.30. The van der Waals surface area contributed by atoms with E-state index in [0.29, 0.717) is 11.1 Å². The lowest BCUT2D eigenvalue weighted by atomic mass is 10.1. The predicted molar refractivity (Wildman–Crippen MR) is 79.2 cm³/mol. The first-order valence-corrected chi connectivity index (χ1v) is 6.89. The van der Waals surface area contributed by atoms with Crippen LogP contribution >= 0.6 is 11.6 Å². The molecule has 1 aromatic heterocycles. The Morgan fingerprint density at radius 1 is 1.25 bits per heavy atom. The van der Waals surface area contributed by atoms with Gasteiger partial charge < -0.3 is 0 Å². The lowest BCUT2D eigenvalue weighted by Gasteiger charge is -2.10. The maximum Gasteiger partial charge on any atom is 0.329 e. The van der Waals surface area contributed by atoms with Crippen LogP contribution in [0.15, 0.2) is 39.9 Å². The highest BCUT2D eigenvalue weighted by Gasteiger charge is 2.48. The molecule has 1 fully saturated rings. The summed E-state index contributed by atoms with van der Waals surface area (Å²) in [6.45, 7) is 4.08. The van der Waals surface area contributed by atoms with E-state index in [-0.39, 0.29) is 22.2 Å². The van der Waals surface area contributed by atoms with Gasteiger partial charge in [0.25, 0.3) is 5.56 Å². The quantitative estimate of drug-likeness (QED) is 0.865. The van der Waals surface area contributed by atoms with Gasteiger partial charge in [0, 0.05) is 6.04 Å². The monoisotopic (exact) mass is 290 g/mol. The number of nitrogens with one attached hydrogen (secondary N) is 1. The molecule has 0 spiro atoms. The summed E-state index contributed by atoms with van der Waals surface area (Å²) in [5, 5.41) is 0.0981. The minimum Gasteiger partial charge on any atom is -0.297 e. The van der Waals surface area contributed by atoms with Crippen LogP contribution in [-0.4, -0.2) is 9.55 Å². The van der Waals surface area contributed by atoms with Crippen molar-refractivity contribution in [1.82, 2.24) is 9.55 Å². The van der Waals surface area contributed by atoms with Crippen LogP contribution in [0, 0.1) is 5.41 Å². The van der Waals surface area contributed by atoms with E-state index in [1.54, 1.807) is 0 Å². The van der Waals surface area contributed by atoms with Crippen molar-refractivity contribution in [3.63, 3.8) is 0 Å².